The molecule has 1 atom stereocenters. The van der Waals surface area contributed by atoms with E-state index in [9.17, 15) is 9.59 Å². The van der Waals surface area contributed by atoms with E-state index in [4.69, 9.17) is 11.6 Å². The first-order valence-electron chi connectivity index (χ1n) is 7.65. The molecule has 0 spiro atoms. The molecule has 3 rings (SSSR count). The highest BCUT2D eigenvalue weighted by Crippen LogP contribution is 2.28. The molecule has 0 aliphatic rings. The molecule has 2 heterocycles. The van der Waals surface area contributed by atoms with Crippen molar-refractivity contribution in [2.24, 2.45) is 5.92 Å². The zero-order valence-electron chi connectivity index (χ0n) is 13.6. The van der Waals surface area contributed by atoms with Gasteiger partial charge in [-0.05, 0) is 35.6 Å². The van der Waals surface area contributed by atoms with Gasteiger partial charge in [-0.15, -0.1) is 11.3 Å². The highest BCUT2D eigenvalue weighted by atomic mass is 35.5. The molecule has 2 amide bonds. The van der Waals surface area contributed by atoms with Crippen LogP contribution in [-0.4, -0.2) is 22.8 Å². The van der Waals surface area contributed by atoms with Crippen LogP contribution in [-0.2, 0) is 4.79 Å². The van der Waals surface area contributed by atoms with E-state index in [0.29, 0.717) is 15.0 Å². The Labute approximate surface area is 158 Å². The standard InChI is InChI=1S/C17H16ClN3O2S2/c1-9(2)14(20-15(22)12-4-3-7-24-12)16(23)21-17-19-11-6-5-10(18)8-13(11)25-17/h3-9,14H,1-2H3,(H,20,22)(H,19,21,23)/t14-/m0/s1. The number of anilines is 1. The molecule has 25 heavy (non-hydrogen) atoms. The molecule has 0 aliphatic heterocycles. The lowest BCUT2D eigenvalue weighted by molar-refractivity contribution is -0.118. The highest BCUT2D eigenvalue weighted by Gasteiger charge is 2.25. The molecule has 8 heteroatoms. The van der Waals surface area contributed by atoms with E-state index < -0.39 is 6.04 Å². The molecule has 3 aromatic rings. The Morgan fingerprint density at radius 1 is 1.24 bits per heavy atom. The molecular formula is C17H16ClN3O2S2. The second-order valence-electron chi connectivity index (χ2n) is 5.79. The lowest BCUT2D eigenvalue weighted by Crippen LogP contribution is -2.46. The molecule has 0 bridgehead atoms. The summed E-state index contributed by atoms with van der Waals surface area (Å²) in [5, 5.41) is 8.53. The van der Waals surface area contributed by atoms with Crippen molar-refractivity contribution in [1.29, 1.82) is 0 Å². The summed E-state index contributed by atoms with van der Waals surface area (Å²) in [4.78, 5) is 29.8. The molecule has 0 fully saturated rings. The minimum Gasteiger partial charge on any atom is -0.339 e. The predicted molar refractivity (Wildman–Crippen MR) is 104 cm³/mol. The topological polar surface area (TPSA) is 71.1 Å². The Kier molecular flexibility index (Phi) is 5.36. The van der Waals surface area contributed by atoms with Crippen molar-refractivity contribution < 1.29 is 9.59 Å². The molecule has 0 radical (unpaired) electrons. The van der Waals surface area contributed by atoms with Crippen LogP contribution in [0.25, 0.3) is 10.2 Å². The molecule has 0 unspecified atom stereocenters. The summed E-state index contributed by atoms with van der Waals surface area (Å²) in [6, 6.07) is 8.26. The van der Waals surface area contributed by atoms with Crippen LogP contribution in [0.1, 0.15) is 23.5 Å². The fraction of sp³-hybridized carbons (Fsp3) is 0.235. The van der Waals surface area contributed by atoms with E-state index >= 15 is 0 Å². The molecule has 5 nitrogen and oxygen atoms in total. The molecule has 2 N–H and O–H groups in total. The van der Waals surface area contributed by atoms with Gasteiger partial charge >= 0.3 is 0 Å². The number of thiophene rings is 1. The van der Waals surface area contributed by atoms with Gasteiger partial charge in [0.25, 0.3) is 5.91 Å². The molecule has 0 saturated carbocycles. The number of benzene rings is 1. The van der Waals surface area contributed by atoms with Crippen LogP contribution in [0.4, 0.5) is 5.13 Å². The summed E-state index contributed by atoms with van der Waals surface area (Å²) in [7, 11) is 0. The van der Waals surface area contributed by atoms with Crippen molar-refractivity contribution in [3.8, 4) is 0 Å². The first-order valence-corrected chi connectivity index (χ1v) is 9.73. The Bertz CT molecular complexity index is 906. The first-order chi connectivity index (χ1) is 11.9. The number of nitrogens with one attached hydrogen (secondary N) is 2. The Balaban J connectivity index is 1.74. The van der Waals surface area contributed by atoms with Gasteiger partial charge in [0.2, 0.25) is 5.91 Å². The van der Waals surface area contributed by atoms with Crippen molar-refractivity contribution in [1.82, 2.24) is 10.3 Å². The Hall–Kier alpha value is -1.96. The SMILES string of the molecule is CC(C)[C@H](NC(=O)c1cccs1)C(=O)Nc1nc2ccc(Cl)cc2s1. The number of amides is 2. The van der Waals surface area contributed by atoms with Crippen molar-refractivity contribution in [3.05, 3.63) is 45.6 Å². The normalized spacial score (nSPS) is 12.3. The van der Waals surface area contributed by atoms with Gasteiger partial charge in [0.15, 0.2) is 5.13 Å². The lowest BCUT2D eigenvalue weighted by atomic mass is 10.0. The smallest absolute Gasteiger partial charge is 0.262 e. The minimum atomic E-state index is -0.648. The molecule has 130 valence electrons. The number of thiazole rings is 1. The van der Waals surface area contributed by atoms with Gasteiger partial charge in [0.05, 0.1) is 15.1 Å². The predicted octanol–water partition coefficient (Wildman–Crippen LogP) is 4.40. The minimum absolute atomic E-state index is 0.0623. The van der Waals surface area contributed by atoms with E-state index in [1.165, 1.54) is 22.7 Å². The van der Waals surface area contributed by atoms with Crippen molar-refractivity contribution in [2.75, 3.05) is 5.32 Å². The van der Waals surface area contributed by atoms with Gasteiger partial charge in [0, 0.05) is 5.02 Å². The summed E-state index contributed by atoms with van der Waals surface area (Å²) >= 11 is 8.66. The van der Waals surface area contributed by atoms with E-state index in [1.54, 1.807) is 18.2 Å². The maximum absolute atomic E-state index is 12.6. The number of halogens is 1. The molecule has 2 aromatic heterocycles. The van der Waals surface area contributed by atoms with E-state index in [0.717, 1.165) is 10.2 Å². The summed E-state index contributed by atoms with van der Waals surface area (Å²) in [6.07, 6.45) is 0. The lowest BCUT2D eigenvalue weighted by Gasteiger charge is -2.20. The Morgan fingerprint density at radius 2 is 2.04 bits per heavy atom. The van der Waals surface area contributed by atoms with Crippen molar-refractivity contribution in [2.45, 2.75) is 19.9 Å². The Morgan fingerprint density at radius 3 is 2.72 bits per heavy atom. The summed E-state index contributed by atoms with van der Waals surface area (Å²) in [5.41, 5.74) is 0.772. The highest BCUT2D eigenvalue weighted by molar-refractivity contribution is 7.22. The van der Waals surface area contributed by atoms with E-state index in [-0.39, 0.29) is 17.7 Å². The maximum atomic E-state index is 12.6. The molecule has 0 saturated heterocycles. The fourth-order valence-corrected chi connectivity index (χ4v) is 4.06. The van der Waals surface area contributed by atoms with Crippen LogP contribution in [0.15, 0.2) is 35.7 Å². The first kappa shape index (κ1) is 17.8. The zero-order chi connectivity index (χ0) is 18.0. The number of aromatic nitrogens is 1. The average molecular weight is 394 g/mol. The second kappa shape index (κ2) is 7.51. The summed E-state index contributed by atoms with van der Waals surface area (Å²) < 4.78 is 0.895. The number of hydrogen-bond acceptors (Lipinski definition) is 5. The third kappa shape index (κ3) is 4.18. The van der Waals surface area contributed by atoms with Gasteiger partial charge < -0.3 is 10.6 Å². The third-order valence-corrected chi connectivity index (χ3v) is 5.60. The van der Waals surface area contributed by atoms with Crippen LogP contribution < -0.4 is 10.6 Å². The van der Waals surface area contributed by atoms with Crippen LogP contribution in [0.5, 0.6) is 0 Å². The third-order valence-electron chi connectivity index (χ3n) is 3.56. The number of carbonyl (C=O) groups is 2. The summed E-state index contributed by atoms with van der Waals surface area (Å²) in [6.45, 7) is 3.77. The molecule has 0 aliphatic carbocycles. The van der Waals surface area contributed by atoms with Gasteiger partial charge in [-0.3, -0.25) is 9.59 Å². The maximum Gasteiger partial charge on any atom is 0.262 e. The largest absolute Gasteiger partial charge is 0.339 e. The van der Waals surface area contributed by atoms with Gasteiger partial charge in [-0.25, -0.2) is 4.98 Å². The van der Waals surface area contributed by atoms with Crippen LogP contribution in [0, 0.1) is 5.92 Å². The number of hydrogen-bond donors (Lipinski definition) is 2. The fourth-order valence-electron chi connectivity index (χ4n) is 2.29. The van der Waals surface area contributed by atoms with Gasteiger partial charge in [0.1, 0.15) is 6.04 Å². The van der Waals surface area contributed by atoms with Crippen LogP contribution in [0.2, 0.25) is 5.02 Å². The van der Waals surface area contributed by atoms with Crippen LogP contribution >= 0.6 is 34.3 Å². The second-order valence-corrected chi connectivity index (χ2v) is 8.21. The monoisotopic (exact) mass is 393 g/mol. The average Bonchev–Trinajstić information content (AvgIpc) is 3.20. The summed E-state index contributed by atoms with van der Waals surface area (Å²) in [5.74, 6) is -0.599. The van der Waals surface area contributed by atoms with Crippen molar-refractivity contribution >= 4 is 61.4 Å². The molecule has 1 aromatic carbocycles. The number of carbonyl (C=O) groups excluding carboxylic acids is 2. The molecular weight excluding hydrogens is 378 g/mol. The number of fused-ring (bicyclic) bond motifs is 1. The van der Waals surface area contributed by atoms with E-state index in [2.05, 4.69) is 15.6 Å². The van der Waals surface area contributed by atoms with Crippen molar-refractivity contribution in [3.63, 3.8) is 0 Å². The number of rotatable bonds is 5. The number of nitrogens with zero attached hydrogens (tertiary/aromatic N) is 1. The quantitative estimate of drug-likeness (QED) is 0.674. The van der Waals surface area contributed by atoms with Gasteiger partial charge in [-0.1, -0.05) is 42.9 Å². The van der Waals surface area contributed by atoms with Gasteiger partial charge in [-0.2, -0.15) is 0 Å². The van der Waals surface area contributed by atoms with Crippen LogP contribution in [0.3, 0.4) is 0 Å². The zero-order valence-corrected chi connectivity index (χ0v) is 16.0. The van der Waals surface area contributed by atoms with E-state index in [1.807, 2.05) is 31.4 Å².